The summed E-state index contributed by atoms with van der Waals surface area (Å²) in [4.78, 5) is 7.48. The van der Waals surface area contributed by atoms with Gasteiger partial charge in [-0.2, -0.15) is 0 Å². The topological polar surface area (TPSA) is 46.3 Å². The highest BCUT2D eigenvalue weighted by Crippen LogP contribution is 2.30. The highest BCUT2D eigenvalue weighted by Gasteiger charge is 2.19. The highest BCUT2D eigenvalue weighted by atomic mass is 15.3. The Balaban J connectivity index is 1.66. The Morgan fingerprint density at radius 1 is 1.00 bits per heavy atom. The van der Waals surface area contributed by atoms with Gasteiger partial charge in [-0.15, -0.1) is 10.2 Å². The number of nitrogens with zero attached hydrogens (tertiary/aromatic N) is 5. The molecule has 1 aliphatic heterocycles. The molecule has 0 saturated carbocycles. The Labute approximate surface area is 152 Å². The van der Waals surface area contributed by atoms with Crippen molar-refractivity contribution >= 4 is 22.2 Å². The first kappa shape index (κ1) is 15.3. The van der Waals surface area contributed by atoms with Gasteiger partial charge in [-0.25, -0.2) is 4.98 Å². The van der Waals surface area contributed by atoms with Crippen LogP contribution in [0.4, 0.5) is 5.69 Å². The minimum absolute atomic E-state index is 0.725. The van der Waals surface area contributed by atoms with Crippen LogP contribution in [0.25, 0.3) is 28.1 Å². The van der Waals surface area contributed by atoms with Gasteiger partial charge in [-0.3, -0.25) is 4.40 Å². The lowest BCUT2D eigenvalue weighted by Crippen LogP contribution is -2.34. The maximum absolute atomic E-state index is 5.00. The number of piperidine rings is 1. The quantitative estimate of drug-likeness (QED) is 0.548. The predicted octanol–water partition coefficient (Wildman–Crippen LogP) is 4.18. The largest absolute Gasteiger partial charge is 0.370 e. The second kappa shape index (κ2) is 6.09. The monoisotopic (exact) mass is 343 g/mol. The molecular weight excluding hydrogens is 322 g/mol. The molecule has 5 heteroatoms. The van der Waals surface area contributed by atoms with Gasteiger partial charge < -0.3 is 4.90 Å². The van der Waals surface area contributed by atoms with Gasteiger partial charge in [0.05, 0.1) is 11.2 Å². The van der Waals surface area contributed by atoms with Crippen LogP contribution >= 0.6 is 0 Å². The van der Waals surface area contributed by atoms with Gasteiger partial charge >= 0.3 is 0 Å². The molecule has 0 amide bonds. The van der Waals surface area contributed by atoms with E-state index in [-0.39, 0.29) is 0 Å². The minimum atomic E-state index is 0.725. The zero-order valence-electron chi connectivity index (χ0n) is 14.8. The number of hydrogen-bond donors (Lipinski definition) is 0. The van der Waals surface area contributed by atoms with Crippen molar-refractivity contribution in [3.05, 3.63) is 54.7 Å². The van der Waals surface area contributed by atoms with Crippen molar-refractivity contribution < 1.29 is 0 Å². The number of aromatic nitrogens is 4. The Morgan fingerprint density at radius 3 is 2.88 bits per heavy atom. The van der Waals surface area contributed by atoms with E-state index in [1.165, 1.54) is 23.9 Å². The molecule has 0 N–H and O–H groups in total. The van der Waals surface area contributed by atoms with Crippen molar-refractivity contribution in [3.63, 3.8) is 0 Å². The van der Waals surface area contributed by atoms with E-state index in [4.69, 9.17) is 4.98 Å². The summed E-state index contributed by atoms with van der Waals surface area (Å²) >= 11 is 0. The summed E-state index contributed by atoms with van der Waals surface area (Å²) in [7, 11) is 0. The summed E-state index contributed by atoms with van der Waals surface area (Å²) in [6, 6.07) is 16.5. The summed E-state index contributed by atoms with van der Waals surface area (Å²) in [6.07, 6.45) is 4.53. The molecule has 130 valence electrons. The van der Waals surface area contributed by atoms with Gasteiger partial charge in [-0.1, -0.05) is 31.2 Å². The molecular formula is C21H21N5. The third kappa shape index (κ3) is 2.51. The fourth-order valence-electron chi connectivity index (χ4n) is 3.94. The smallest absolute Gasteiger partial charge is 0.187 e. The second-order valence-corrected chi connectivity index (χ2v) is 7.19. The van der Waals surface area contributed by atoms with Crippen LogP contribution in [0.2, 0.25) is 0 Å². The van der Waals surface area contributed by atoms with Crippen LogP contribution in [-0.2, 0) is 0 Å². The molecule has 4 aromatic rings. The molecule has 5 rings (SSSR count). The number of benzene rings is 1. The SMILES string of the molecule is CC1CCCN(c2cccc3ccc(-c4nnc5ccccn45)nc23)C1. The molecule has 1 unspecified atom stereocenters. The molecule has 5 nitrogen and oxygen atoms in total. The van der Waals surface area contributed by atoms with Crippen LogP contribution in [-0.4, -0.2) is 32.7 Å². The standard InChI is InChI=1S/C21H21N5/c1-15-6-5-12-25(14-15)18-8-4-7-16-10-11-17(22-20(16)18)21-24-23-19-9-2-3-13-26(19)21/h2-4,7-11,13,15H,5-6,12,14H2,1H3. The van der Waals surface area contributed by atoms with Crippen molar-refractivity contribution in [2.75, 3.05) is 18.0 Å². The molecule has 1 atom stereocenters. The molecule has 0 aliphatic carbocycles. The highest BCUT2D eigenvalue weighted by molar-refractivity contribution is 5.92. The molecule has 0 spiro atoms. The minimum Gasteiger partial charge on any atom is -0.370 e. The average molecular weight is 343 g/mol. The van der Waals surface area contributed by atoms with Gasteiger partial charge in [0.1, 0.15) is 5.69 Å². The van der Waals surface area contributed by atoms with Crippen LogP contribution in [0.15, 0.2) is 54.7 Å². The Hall–Kier alpha value is -2.95. The molecule has 1 aromatic carbocycles. The number of anilines is 1. The fourth-order valence-corrected chi connectivity index (χ4v) is 3.94. The lowest BCUT2D eigenvalue weighted by molar-refractivity contribution is 0.447. The molecule has 0 radical (unpaired) electrons. The van der Waals surface area contributed by atoms with Crippen LogP contribution in [0.3, 0.4) is 0 Å². The Bertz CT molecular complexity index is 1080. The zero-order chi connectivity index (χ0) is 17.5. The molecule has 1 fully saturated rings. The Morgan fingerprint density at radius 2 is 1.96 bits per heavy atom. The predicted molar refractivity (Wildman–Crippen MR) is 104 cm³/mol. The van der Waals surface area contributed by atoms with E-state index < -0.39 is 0 Å². The van der Waals surface area contributed by atoms with Gasteiger partial charge in [-0.05, 0) is 43.0 Å². The normalized spacial score (nSPS) is 17.9. The van der Waals surface area contributed by atoms with Crippen LogP contribution < -0.4 is 4.90 Å². The molecule has 26 heavy (non-hydrogen) atoms. The maximum Gasteiger partial charge on any atom is 0.187 e. The Kier molecular flexibility index (Phi) is 3.59. The molecule has 3 aromatic heterocycles. The summed E-state index contributed by atoms with van der Waals surface area (Å²) in [5.41, 5.74) is 3.97. The molecule has 1 aliphatic rings. The van der Waals surface area contributed by atoms with Gasteiger partial charge in [0.25, 0.3) is 0 Å². The van der Waals surface area contributed by atoms with E-state index >= 15 is 0 Å². The van der Waals surface area contributed by atoms with Gasteiger partial charge in [0.15, 0.2) is 11.5 Å². The van der Waals surface area contributed by atoms with Crippen molar-refractivity contribution in [2.45, 2.75) is 19.8 Å². The van der Waals surface area contributed by atoms with Crippen molar-refractivity contribution in [2.24, 2.45) is 5.92 Å². The van der Waals surface area contributed by atoms with E-state index in [1.807, 2.05) is 34.9 Å². The summed E-state index contributed by atoms with van der Waals surface area (Å²) in [6.45, 7) is 4.53. The van der Waals surface area contributed by atoms with Crippen LogP contribution in [0.1, 0.15) is 19.8 Å². The van der Waals surface area contributed by atoms with Crippen molar-refractivity contribution in [1.29, 1.82) is 0 Å². The fraction of sp³-hybridized carbons (Fsp3) is 0.286. The third-order valence-electron chi connectivity index (χ3n) is 5.24. The van der Waals surface area contributed by atoms with Crippen molar-refractivity contribution in [3.8, 4) is 11.5 Å². The van der Waals surface area contributed by atoms with Crippen LogP contribution in [0.5, 0.6) is 0 Å². The lowest BCUT2D eigenvalue weighted by atomic mass is 9.99. The number of pyridine rings is 2. The van der Waals surface area contributed by atoms with E-state index in [0.29, 0.717) is 0 Å². The van der Waals surface area contributed by atoms with E-state index in [1.54, 1.807) is 0 Å². The first-order chi connectivity index (χ1) is 12.8. The maximum atomic E-state index is 5.00. The van der Waals surface area contributed by atoms with E-state index in [0.717, 1.165) is 41.7 Å². The third-order valence-corrected chi connectivity index (χ3v) is 5.24. The summed E-state index contributed by atoms with van der Waals surface area (Å²) < 4.78 is 1.99. The van der Waals surface area contributed by atoms with E-state index in [9.17, 15) is 0 Å². The average Bonchev–Trinajstić information content (AvgIpc) is 3.11. The lowest BCUT2D eigenvalue weighted by Gasteiger charge is -2.33. The summed E-state index contributed by atoms with van der Waals surface area (Å²) in [5, 5.41) is 9.79. The van der Waals surface area contributed by atoms with Crippen molar-refractivity contribution in [1.82, 2.24) is 19.6 Å². The molecule has 1 saturated heterocycles. The first-order valence-electron chi connectivity index (χ1n) is 9.24. The van der Waals surface area contributed by atoms with Gasteiger partial charge in [0.2, 0.25) is 0 Å². The second-order valence-electron chi connectivity index (χ2n) is 7.19. The number of rotatable bonds is 2. The number of hydrogen-bond acceptors (Lipinski definition) is 4. The zero-order valence-corrected chi connectivity index (χ0v) is 14.8. The summed E-state index contributed by atoms with van der Waals surface area (Å²) in [5.74, 6) is 1.51. The first-order valence-corrected chi connectivity index (χ1v) is 9.24. The van der Waals surface area contributed by atoms with Gasteiger partial charge in [0, 0.05) is 24.7 Å². The number of fused-ring (bicyclic) bond motifs is 2. The molecule has 4 heterocycles. The molecule has 0 bridgehead atoms. The van der Waals surface area contributed by atoms with E-state index in [2.05, 4.69) is 46.3 Å². The number of para-hydroxylation sites is 1. The van der Waals surface area contributed by atoms with Crippen LogP contribution in [0, 0.1) is 5.92 Å².